The predicted octanol–water partition coefficient (Wildman–Crippen LogP) is 4.32. The molecule has 7 nitrogen and oxygen atoms in total. The molecule has 2 aromatic carbocycles. The third kappa shape index (κ3) is 6.23. The molecule has 2 heterocycles. The molecule has 32 heavy (non-hydrogen) atoms. The molecule has 0 bridgehead atoms. The van der Waals surface area contributed by atoms with Crippen LogP contribution in [0.15, 0.2) is 42.5 Å². The minimum Gasteiger partial charge on any atom is -0.494 e. The van der Waals surface area contributed by atoms with Crippen LogP contribution in [0.3, 0.4) is 0 Å². The van der Waals surface area contributed by atoms with Crippen LogP contribution in [0.25, 0.3) is 0 Å². The number of nitrogens with one attached hydrogen (secondary N) is 2. The van der Waals surface area contributed by atoms with Crippen molar-refractivity contribution in [2.75, 3.05) is 30.5 Å². The molecule has 2 aliphatic heterocycles. The Labute approximate surface area is 188 Å². The lowest BCUT2D eigenvalue weighted by atomic mass is 10.0. The standard InChI is InChI=1S/C25H30N2O5/c28-24(9-5-15-30-19-11-12-21-18(16-19)10-13-25(29)26-21)27-22-7-1-2-8-23(22)32-17-20-6-3-4-14-31-20/h1-2,7-8,11-12,16,20H,3-6,9-10,13-15,17H2,(H,26,29)(H,27,28). The number of para-hydroxylation sites is 2. The van der Waals surface area contributed by atoms with Crippen LogP contribution in [0, 0.1) is 0 Å². The molecule has 1 saturated heterocycles. The lowest BCUT2D eigenvalue weighted by molar-refractivity contribution is -0.117. The van der Waals surface area contributed by atoms with Crippen molar-refractivity contribution in [3.63, 3.8) is 0 Å². The summed E-state index contributed by atoms with van der Waals surface area (Å²) >= 11 is 0. The molecule has 0 radical (unpaired) electrons. The van der Waals surface area contributed by atoms with E-state index in [1.807, 2.05) is 42.5 Å². The van der Waals surface area contributed by atoms with E-state index in [0.29, 0.717) is 43.9 Å². The highest BCUT2D eigenvalue weighted by molar-refractivity contribution is 5.94. The summed E-state index contributed by atoms with van der Waals surface area (Å²) in [6, 6.07) is 13.1. The summed E-state index contributed by atoms with van der Waals surface area (Å²) in [6.07, 6.45) is 5.55. The number of aryl methyl sites for hydroxylation is 1. The van der Waals surface area contributed by atoms with Crippen molar-refractivity contribution in [2.24, 2.45) is 0 Å². The van der Waals surface area contributed by atoms with E-state index in [1.165, 1.54) is 0 Å². The summed E-state index contributed by atoms with van der Waals surface area (Å²) in [4.78, 5) is 23.9. The Kier molecular flexibility index (Phi) is 7.61. The van der Waals surface area contributed by atoms with E-state index < -0.39 is 0 Å². The van der Waals surface area contributed by atoms with Gasteiger partial charge in [0.2, 0.25) is 11.8 Å². The van der Waals surface area contributed by atoms with Gasteiger partial charge >= 0.3 is 0 Å². The van der Waals surface area contributed by atoms with E-state index in [1.54, 1.807) is 0 Å². The monoisotopic (exact) mass is 438 g/mol. The van der Waals surface area contributed by atoms with Crippen LogP contribution in [0.1, 0.15) is 44.1 Å². The molecular formula is C25H30N2O5. The van der Waals surface area contributed by atoms with Crippen LogP contribution in [0.4, 0.5) is 11.4 Å². The quantitative estimate of drug-likeness (QED) is 0.570. The maximum Gasteiger partial charge on any atom is 0.224 e. The first kappa shape index (κ1) is 22.1. The number of ether oxygens (including phenoxy) is 3. The molecule has 2 aliphatic rings. The van der Waals surface area contributed by atoms with Gasteiger partial charge < -0.3 is 24.8 Å². The second-order valence-corrected chi connectivity index (χ2v) is 8.16. The van der Waals surface area contributed by atoms with Crippen LogP contribution in [-0.4, -0.2) is 37.7 Å². The molecule has 0 aromatic heterocycles. The summed E-state index contributed by atoms with van der Waals surface area (Å²) in [6.45, 7) is 1.72. The highest BCUT2D eigenvalue weighted by Gasteiger charge is 2.17. The molecule has 1 atom stereocenters. The molecular weight excluding hydrogens is 408 g/mol. The third-order valence-electron chi connectivity index (χ3n) is 5.65. The number of carbonyl (C=O) groups is 2. The average Bonchev–Trinajstić information content (AvgIpc) is 2.82. The molecule has 2 aromatic rings. The van der Waals surface area contributed by atoms with E-state index in [0.717, 1.165) is 49.3 Å². The average molecular weight is 439 g/mol. The molecule has 7 heteroatoms. The van der Waals surface area contributed by atoms with Gasteiger partial charge in [0.15, 0.2) is 0 Å². The van der Waals surface area contributed by atoms with Crippen molar-refractivity contribution in [1.82, 2.24) is 0 Å². The summed E-state index contributed by atoms with van der Waals surface area (Å²) in [5.41, 5.74) is 2.60. The van der Waals surface area contributed by atoms with Crippen LogP contribution >= 0.6 is 0 Å². The topological polar surface area (TPSA) is 85.9 Å². The number of carbonyl (C=O) groups excluding carboxylic acids is 2. The third-order valence-corrected chi connectivity index (χ3v) is 5.65. The number of fused-ring (bicyclic) bond motifs is 1. The van der Waals surface area contributed by atoms with Crippen molar-refractivity contribution in [1.29, 1.82) is 0 Å². The smallest absolute Gasteiger partial charge is 0.224 e. The normalized spacial score (nSPS) is 17.8. The Morgan fingerprint density at radius 1 is 1.12 bits per heavy atom. The van der Waals surface area contributed by atoms with Gasteiger partial charge in [0.1, 0.15) is 18.1 Å². The molecule has 2 amide bonds. The number of rotatable bonds is 9. The Balaban J connectivity index is 1.20. The molecule has 0 spiro atoms. The van der Waals surface area contributed by atoms with Gasteiger partial charge in [0.25, 0.3) is 0 Å². The second-order valence-electron chi connectivity index (χ2n) is 8.16. The lowest BCUT2D eigenvalue weighted by Crippen LogP contribution is -2.26. The second kappa shape index (κ2) is 11.0. The van der Waals surface area contributed by atoms with Crippen molar-refractivity contribution in [2.45, 2.75) is 51.0 Å². The Morgan fingerprint density at radius 3 is 2.91 bits per heavy atom. The summed E-state index contributed by atoms with van der Waals surface area (Å²) in [5.74, 6) is 1.38. The van der Waals surface area contributed by atoms with Gasteiger partial charge in [0.05, 0.1) is 18.4 Å². The Bertz CT molecular complexity index is 940. The molecule has 0 saturated carbocycles. The molecule has 1 fully saturated rings. The van der Waals surface area contributed by atoms with E-state index >= 15 is 0 Å². The predicted molar refractivity (Wildman–Crippen MR) is 122 cm³/mol. The summed E-state index contributed by atoms with van der Waals surface area (Å²) in [5, 5.41) is 5.80. The zero-order valence-corrected chi connectivity index (χ0v) is 18.2. The van der Waals surface area contributed by atoms with Crippen LogP contribution < -0.4 is 20.1 Å². The van der Waals surface area contributed by atoms with Gasteiger partial charge in [-0.2, -0.15) is 0 Å². The van der Waals surface area contributed by atoms with E-state index in [4.69, 9.17) is 14.2 Å². The van der Waals surface area contributed by atoms with E-state index in [2.05, 4.69) is 10.6 Å². The SMILES string of the molecule is O=C1CCc2cc(OCCCC(=O)Nc3ccccc3OCC3CCCCO3)ccc2N1. The summed E-state index contributed by atoms with van der Waals surface area (Å²) < 4.78 is 17.4. The maximum absolute atomic E-state index is 12.4. The van der Waals surface area contributed by atoms with Crippen LogP contribution in [-0.2, 0) is 20.7 Å². The Hall–Kier alpha value is -3.06. The highest BCUT2D eigenvalue weighted by Crippen LogP contribution is 2.27. The molecule has 4 rings (SSSR count). The van der Waals surface area contributed by atoms with Crippen molar-refractivity contribution in [3.8, 4) is 11.5 Å². The molecule has 1 unspecified atom stereocenters. The van der Waals surface area contributed by atoms with Crippen molar-refractivity contribution < 1.29 is 23.8 Å². The number of amides is 2. The fourth-order valence-electron chi connectivity index (χ4n) is 3.90. The van der Waals surface area contributed by atoms with Crippen molar-refractivity contribution >= 4 is 23.2 Å². The van der Waals surface area contributed by atoms with Gasteiger partial charge in [-0.3, -0.25) is 9.59 Å². The van der Waals surface area contributed by atoms with E-state index in [9.17, 15) is 9.59 Å². The molecule has 170 valence electrons. The van der Waals surface area contributed by atoms with Crippen LogP contribution in [0.2, 0.25) is 0 Å². The lowest BCUT2D eigenvalue weighted by Gasteiger charge is -2.23. The zero-order valence-electron chi connectivity index (χ0n) is 18.2. The number of hydrogen-bond donors (Lipinski definition) is 2. The minimum atomic E-state index is -0.0771. The number of benzene rings is 2. The first-order chi connectivity index (χ1) is 15.7. The first-order valence-electron chi connectivity index (χ1n) is 11.4. The van der Waals surface area contributed by atoms with Crippen LogP contribution in [0.5, 0.6) is 11.5 Å². The molecule has 0 aliphatic carbocycles. The minimum absolute atomic E-state index is 0.0477. The van der Waals surface area contributed by atoms with Gasteiger partial charge in [0, 0.05) is 25.1 Å². The number of hydrogen-bond acceptors (Lipinski definition) is 5. The molecule has 2 N–H and O–H groups in total. The Morgan fingerprint density at radius 2 is 2.03 bits per heavy atom. The zero-order chi connectivity index (χ0) is 22.2. The summed E-state index contributed by atoms with van der Waals surface area (Å²) in [7, 11) is 0. The van der Waals surface area contributed by atoms with E-state index in [-0.39, 0.29) is 17.9 Å². The van der Waals surface area contributed by atoms with Gasteiger partial charge in [-0.1, -0.05) is 12.1 Å². The largest absolute Gasteiger partial charge is 0.494 e. The fraction of sp³-hybridized carbons (Fsp3) is 0.440. The van der Waals surface area contributed by atoms with Crippen molar-refractivity contribution in [3.05, 3.63) is 48.0 Å². The van der Waals surface area contributed by atoms with Gasteiger partial charge in [-0.15, -0.1) is 0 Å². The van der Waals surface area contributed by atoms with Gasteiger partial charge in [-0.05, 0) is 68.0 Å². The fourth-order valence-corrected chi connectivity index (χ4v) is 3.90. The first-order valence-corrected chi connectivity index (χ1v) is 11.4. The van der Waals surface area contributed by atoms with Gasteiger partial charge in [-0.25, -0.2) is 0 Å². The number of anilines is 2. The highest BCUT2D eigenvalue weighted by atomic mass is 16.5. The maximum atomic E-state index is 12.4.